The first-order valence-electron chi connectivity index (χ1n) is 30.5. The molecule has 74 heavy (non-hydrogen) atoms. The van der Waals surface area contributed by atoms with E-state index in [-0.39, 0.29) is 12.5 Å². The normalized spacial score (nSPS) is 19.7. The second-order valence-electron chi connectivity index (χ2n) is 20.7. The Labute approximate surface area is 453 Å². The van der Waals surface area contributed by atoms with Crippen molar-refractivity contribution in [1.82, 2.24) is 5.32 Å². The number of nitrogens with one attached hydrogen (secondary N) is 1. The number of carbonyl (C=O) groups excluding carboxylic acids is 1. The second-order valence-corrected chi connectivity index (χ2v) is 20.7. The first kappa shape index (κ1) is 69.1. The van der Waals surface area contributed by atoms with Crippen molar-refractivity contribution in [3.05, 3.63) is 97.2 Å². The molecule has 1 amide bonds. The maximum Gasteiger partial charge on any atom is 0.220 e. The predicted molar refractivity (Wildman–Crippen MR) is 313 cm³/mol. The van der Waals surface area contributed by atoms with E-state index in [0.717, 1.165) is 83.5 Å². The zero-order valence-electron chi connectivity index (χ0n) is 47.3. The highest BCUT2D eigenvalue weighted by Crippen LogP contribution is 2.23. The van der Waals surface area contributed by atoms with Crippen LogP contribution < -0.4 is 5.32 Å². The molecule has 0 bridgehead atoms. The van der Waals surface area contributed by atoms with Crippen LogP contribution in [0.15, 0.2) is 97.2 Å². The number of hydrogen-bond acceptors (Lipinski definition) is 8. The predicted octanol–water partition coefficient (Wildman–Crippen LogP) is 15.6. The van der Waals surface area contributed by atoms with Gasteiger partial charge in [-0.25, -0.2) is 0 Å². The fourth-order valence-corrected chi connectivity index (χ4v) is 9.10. The fraction of sp³-hybridized carbons (Fsp3) is 0.738. The third-order valence-electron chi connectivity index (χ3n) is 13.9. The summed E-state index contributed by atoms with van der Waals surface area (Å²) in [6.45, 7) is 3.62. The SMILES string of the molecule is CC/C=C\C/C=C\C/C=C\C/C=C\C/C=C\CCCCCCCCCCCCCCCCCCCCCCCC(=O)NC(COC1OC(CO)C(O)C(O)C1O)C(O)/C=C/CC/C=C/CC/C=C/CCCCCC. The van der Waals surface area contributed by atoms with Crippen molar-refractivity contribution in [2.45, 2.75) is 294 Å². The van der Waals surface area contributed by atoms with Gasteiger partial charge in [-0.15, -0.1) is 0 Å². The Morgan fingerprint density at radius 3 is 1.30 bits per heavy atom. The van der Waals surface area contributed by atoms with E-state index in [2.05, 4.69) is 104 Å². The number of ether oxygens (including phenoxy) is 2. The Morgan fingerprint density at radius 2 is 0.851 bits per heavy atom. The number of aliphatic hydroxyl groups is 5. The summed E-state index contributed by atoms with van der Waals surface area (Å²) in [5.74, 6) is -0.191. The first-order valence-corrected chi connectivity index (χ1v) is 30.5. The van der Waals surface area contributed by atoms with Crippen molar-refractivity contribution in [2.75, 3.05) is 13.2 Å². The van der Waals surface area contributed by atoms with Gasteiger partial charge in [-0.3, -0.25) is 4.79 Å². The van der Waals surface area contributed by atoms with E-state index in [1.165, 1.54) is 148 Å². The number of aliphatic hydroxyl groups excluding tert-OH is 5. The quantitative estimate of drug-likeness (QED) is 0.0261. The monoisotopic (exact) mass is 1040 g/mol. The van der Waals surface area contributed by atoms with Gasteiger partial charge in [0.2, 0.25) is 5.91 Å². The molecule has 0 radical (unpaired) electrons. The van der Waals surface area contributed by atoms with Gasteiger partial charge in [0.25, 0.3) is 0 Å². The Hall–Kier alpha value is -2.89. The van der Waals surface area contributed by atoms with Crippen LogP contribution in [-0.2, 0) is 14.3 Å². The highest BCUT2D eigenvalue weighted by molar-refractivity contribution is 5.76. The van der Waals surface area contributed by atoms with E-state index in [1.807, 2.05) is 6.08 Å². The summed E-state index contributed by atoms with van der Waals surface area (Å²) in [6.07, 6.45) is 70.7. The lowest BCUT2D eigenvalue weighted by atomic mass is 9.99. The fourth-order valence-electron chi connectivity index (χ4n) is 9.10. The Bertz CT molecular complexity index is 1480. The maximum atomic E-state index is 13.0. The maximum absolute atomic E-state index is 13.0. The highest BCUT2D eigenvalue weighted by atomic mass is 16.7. The molecule has 1 heterocycles. The smallest absolute Gasteiger partial charge is 0.220 e. The van der Waals surface area contributed by atoms with E-state index in [0.29, 0.717) is 6.42 Å². The van der Waals surface area contributed by atoms with Crippen molar-refractivity contribution in [3.63, 3.8) is 0 Å². The van der Waals surface area contributed by atoms with Crippen LogP contribution in [0.2, 0.25) is 0 Å². The number of rotatable bonds is 51. The first-order chi connectivity index (χ1) is 36.3. The molecule has 7 atom stereocenters. The molecule has 1 saturated heterocycles. The minimum absolute atomic E-state index is 0.191. The molecule has 0 aromatic rings. The molecule has 0 aromatic heterocycles. The molecule has 0 spiro atoms. The van der Waals surface area contributed by atoms with Gasteiger partial charge >= 0.3 is 0 Å². The lowest BCUT2D eigenvalue weighted by molar-refractivity contribution is -0.302. The number of hydrogen-bond donors (Lipinski definition) is 6. The van der Waals surface area contributed by atoms with Gasteiger partial charge in [-0.2, -0.15) is 0 Å². The second kappa shape index (κ2) is 53.5. The summed E-state index contributed by atoms with van der Waals surface area (Å²) >= 11 is 0. The van der Waals surface area contributed by atoms with Crippen LogP contribution in [0.1, 0.15) is 251 Å². The third kappa shape index (κ3) is 42.2. The number of carbonyl (C=O) groups is 1. The van der Waals surface area contributed by atoms with Crippen molar-refractivity contribution in [2.24, 2.45) is 0 Å². The summed E-state index contributed by atoms with van der Waals surface area (Å²) in [5.41, 5.74) is 0. The minimum atomic E-state index is -1.58. The van der Waals surface area contributed by atoms with Crippen LogP contribution in [0.5, 0.6) is 0 Å². The van der Waals surface area contributed by atoms with E-state index >= 15 is 0 Å². The van der Waals surface area contributed by atoms with E-state index in [1.54, 1.807) is 6.08 Å². The zero-order valence-corrected chi connectivity index (χ0v) is 47.3. The van der Waals surface area contributed by atoms with Crippen LogP contribution in [-0.4, -0.2) is 87.5 Å². The number of amides is 1. The van der Waals surface area contributed by atoms with Crippen molar-refractivity contribution in [1.29, 1.82) is 0 Å². The molecule has 426 valence electrons. The Balaban J connectivity index is 2.10. The standard InChI is InChI=1S/C65H113NO8/c1-3-5-7-9-11-13-15-17-19-20-21-22-23-24-25-26-27-28-29-30-31-32-33-34-35-36-37-38-39-40-41-43-45-47-49-51-53-55-61(69)66-58(57-73-65-64(72)63(71)62(70)60(56-67)74-65)59(68)54-52-50-48-46-44-42-18-16-14-12-10-8-6-4-2/h5,7,11,13-14,16-17,19,21-22,24-25,44,46,52,54,58-60,62-65,67-68,70-72H,3-4,6,8-10,12,15,18,20,23,26-43,45,47-51,53,55-57H2,1-2H3,(H,66,69)/b7-5-,13-11-,16-14+,19-17-,22-21-,25-24-,46-44+,54-52+. The topological polar surface area (TPSA) is 149 Å². The van der Waals surface area contributed by atoms with Crippen molar-refractivity contribution >= 4 is 5.91 Å². The molecule has 0 saturated carbocycles. The summed E-state index contributed by atoms with van der Waals surface area (Å²) in [4.78, 5) is 13.0. The highest BCUT2D eigenvalue weighted by Gasteiger charge is 2.44. The molecular weight excluding hydrogens is 923 g/mol. The summed E-state index contributed by atoms with van der Waals surface area (Å²) in [5, 5.41) is 54.4. The van der Waals surface area contributed by atoms with Crippen LogP contribution in [0.4, 0.5) is 0 Å². The third-order valence-corrected chi connectivity index (χ3v) is 13.9. The molecular formula is C65H113NO8. The van der Waals surface area contributed by atoms with E-state index < -0.39 is 49.5 Å². The Kier molecular flexibility index (Phi) is 50.0. The van der Waals surface area contributed by atoms with Gasteiger partial charge in [0.1, 0.15) is 24.4 Å². The van der Waals surface area contributed by atoms with Gasteiger partial charge in [0, 0.05) is 6.42 Å². The molecule has 9 nitrogen and oxygen atoms in total. The average Bonchev–Trinajstić information content (AvgIpc) is 3.40. The summed E-state index contributed by atoms with van der Waals surface area (Å²) in [6, 6.07) is -0.830. The molecule has 1 fully saturated rings. The summed E-state index contributed by atoms with van der Waals surface area (Å²) < 4.78 is 11.2. The number of allylic oxidation sites excluding steroid dienone is 15. The van der Waals surface area contributed by atoms with Crippen LogP contribution in [0.3, 0.4) is 0 Å². The number of unbranched alkanes of at least 4 members (excludes halogenated alkanes) is 27. The zero-order chi connectivity index (χ0) is 53.6. The van der Waals surface area contributed by atoms with Crippen molar-refractivity contribution in [3.8, 4) is 0 Å². The molecule has 1 aliphatic heterocycles. The average molecular weight is 1040 g/mol. The van der Waals surface area contributed by atoms with Gasteiger partial charge < -0.3 is 40.3 Å². The Morgan fingerprint density at radius 1 is 0.473 bits per heavy atom. The van der Waals surface area contributed by atoms with Crippen LogP contribution >= 0.6 is 0 Å². The minimum Gasteiger partial charge on any atom is -0.394 e. The largest absolute Gasteiger partial charge is 0.394 e. The molecule has 7 unspecified atom stereocenters. The van der Waals surface area contributed by atoms with E-state index in [4.69, 9.17) is 9.47 Å². The lowest BCUT2D eigenvalue weighted by Gasteiger charge is -2.40. The molecule has 0 aliphatic carbocycles. The van der Waals surface area contributed by atoms with Crippen LogP contribution in [0, 0.1) is 0 Å². The van der Waals surface area contributed by atoms with Gasteiger partial charge in [0.15, 0.2) is 6.29 Å². The molecule has 0 aromatic carbocycles. The van der Waals surface area contributed by atoms with Crippen LogP contribution in [0.25, 0.3) is 0 Å². The molecule has 1 rings (SSSR count). The summed E-state index contributed by atoms with van der Waals surface area (Å²) in [7, 11) is 0. The molecule has 1 aliphatic rings. The van der Waals surface area contributed by atoms with E-state index in [9.17, 15) is 30.3 Å². The van der Waals surface area contributed by atoms with Gasteiger partial charge in [-0.1, -0.05) is 252 Å². The molecule has 6 N–H and O–H groups in total. The van der Waals surface area contributed by atoms with Gasteiger partial charge in [0.05, 0.1) is 25.4 Å². The van der Waals surface area contributed by atoms with Crippen molar-refractivity contribution < 1.29 is 39.8 Å². The lowest BCUT2D eigenvalue weighted by Crippen LogP contribution is -2.60. The van der Waals surface area contributed by atoms with Gasteiger partial charge in [-0.05, 0) is 89.9 Å². The molecule has 9 heteroatoms.